The van der Waals surface area contributed by atoms with Crippen LogP contribution < -0.4 is 10.1 Å². The molecule has 0 saturated heterocycles. The molecule has 2 aromatic carbocycles. The van der Waals surface area contributed by atoms with E-state index in [-0.39, 0.29) is 11.4 Å². The Labute approximate surface area is 121 Å². The van der Waals surface area contributed by atoms with Crippen molar-refractivity contribution in [2.45, 2.75) is 6.54 Å². The number of nitro groups is 1. The molecule has 104 valence electrons. The molecule has 5 nitrogen and oxygen atoms in total. The van der Waals surface area contributed by atoms with Crippen molar-refractivity contribution in [3.8, 4) is 5.75 Å². The van der Waals surface area contributed by atoms with Gasteiger partial charge in [-0.3, -0.25) is 10.1 Å². The molecule has 2 rings (SSSR count). The lowest BCUT2D eigenvalue weighted by Crippen LogP contribution is -2.01. The Morgan fingerprint density at radius 3 is 2.70 bits per heavy atom. The number of anilines is 1. The van der Waals surface area contributed by atoms with E-state index in [0.717, 1.165) is 5.56 Å². The maximum atomic E-state index is 10.9. The fourth-order valence-electron chi connectivity index (χ4n) is 1.78. The third-order valence-electron chi connectivity index (χ3n) is 2.82. The van der Waals surface area contributed by atoms with Crippen LogP contribution in [0.25, 0.3) is 0 Å². The second-order valence-electron chi connectivity index (χ2n) is 4.09. The molecule has 0 aliphatic heterocycles. The molecule has 0 spiro atoms. The van der Waals surface area contributed by atoms with Crippen LogP contribution in [0.5, 0.6) is 5.75 Å². The quantitative estimate of drug-likeness (QED) is 0.671. The first-order chi connectivity index (χ1) is 9.61. The van der Waals surface area contributed by atoms with Crippen LogP contribution in [0.1, 0.15) is 5.56 Å². The summed E-state index contributed by atoms with van der Waals surface area (Å²) in [6.45, 7) is 0.489. The third kappa shape index (κ3) is 3.19. The topological polar surface area (TPSA) is 64.4 Å². The minimum absolute atomic E-state index is 0.0725. The molecule has 0 bridgehead atoms. The van der Waals surface area contributed by atoms with Gasteiger partial charge in [0, 0.05) is 23.3 Å². The van der Waals surface area contributed by atoms with Crippen LogP contribution in [0.3, 0.4) is 0 Å². The zero-order chi connectivity index (χ0) is 14.5. The van der Waals surface area contributed by atoms with Crippen molar-refractivity contribution < 1.29 is 9.66 Å². The van der Waals surface area contributed by atoms with E-state index in [0.29, 0.717) is 17.3 Å². The van der Waals surface area contributed by atoms with E-state index in [2.05, 4.69) is 5.32 Å². The van der Waals surface area contributed by atoms with Gasteiger partial charge in [0.1, 0.15) is 0 Å². The average Bonchev–Trinajstić information content (AvgIpc) is 2.46. The Morgan fingerprint density at radius 1 is 1.30 bits per heavy atom. The van der Waals surface area contributed by atoms with Gasteiger partial charge < -0.3 is 10.1 Å². The fourth-order valence-corrected chi connectivity index (χ4v) is 1.98. The van der Waals surface area contributed by atoms with Crippen molar-refractivity contribution >= 4 is 23.0 Å². The smallest absolute Gasteiger partial charge is 0.312 e. The molecule has 0 amide bonds. The van der Waals surface area contributed by atoms with Crippen molar-refractivity contribution in [3.05, 3.63) is 63.2 Å². The van der Waals surface area contributed by atoms with E-state index >= 15 is 0 Å². The predicted octanol–water partition coefficient (Wildman–Crippen LogP) is 3.87. The van der Waals surface area contributed by atoms with Gasteiger partial charge in [0.05, 0.1) is 12.0 Å². The first kappa shape index (κ1) is 14.1. The summed E-state index contributed by atoms with van der Waals surface area (Å²) >= 11 is 6.05. The highest BCUT2D eigenvalue weighted by Crippen LogP contribution is 2.30. The molecule has 1 N–H and O–H groups in total. The zero-order valence-electron chi connectivity index (χ0n) is 10.8. The molecule has 0 radical (unpaired) electrons. The number of hydrogen-bond donors (Lipinski definition) is 1. The number of rotatable bonds is 5. The molecule has 6 heteroatoms. The minimum atomic E-state index is -0.473. The Bertz CT molecular complexity index is 632. The van der Waals surface area contributed by atoms with Crippen LogP contribution >= 0.6 is 11.6 Å². The van der Waals surface area contributed by atoms with Crippen molar-refractivity contribution in [3.63, 3.8) is 0 Å². The second kappa shape index (κ2) is 6.25. The summed E-state index contributed by atoms with van der Waals surface area (Å²) in [5.41, 5.74) is 1.49. The number of methoxy groups -OCH3 is 1. The highest BCUT2D eigenvalue weighted by molar-refractivity contribution is 6.31. The van der Waals surface area contributed by atoms with E-state index in [4.69, 9.17) is 16.3 Å². The Kier molecular flexibility index (Phi) is 4.42. The summed E-state index contributed by atoms with van der Waals surface area (Å²) in [5, 5.41) is 14.7. The van der Waals surface area contributed by atoms with Crippen LogP contribution in [0.15, 0.2) is 42.5 Å². The number of halogens is 1. The SMILES string of the molecule is COc1ccc(NCc2ccccc2Cl)cc1[N+](=O)[O-]. The van der Waals surface area contributed by atoms with E-state index < -0.39 is 4.92 Å². The van der Waals surface area contributed by atoms with Crippen molar-refractivity contribution in [1.29, 1.82) is 0 Å². The van der Waals surface area contributed by atoms with Crippen molar-refractivity contribution in [1.82, 2.24) is 0 Å². The maximum absolute atomic E-state index is 10.9. The van der Waals surface area contributed by atoms with Gasteiger partial charge in [-0.25, -0.2) is 0 Å². The van der Waals surface area contributed by atoms with E-state index in [9.17, 15) is 10.1 Å². The lowest BCUT2D eigenvalue weighted by Gasteiger charge is -2.09. The molecule has 0 atom stereocenters. The number of nitro benzene ring substituents is 1. The standard InChI is InChI=1S/C14H13ClN2O3/c1-20-14-7-6-11(8-13(14)17(18)19)16-9-10-4-2-3-5-12(10)15/h2-8,16H,9H2,1H3. The fraction of sp³-hybridized carbons (Fsp3) is 0.143. The number of nitrogens with one attached hydrogen (secondary N) is 1. The van der Waals surface area contributed by atoms with Gasteiger partial charge in [-0.2, -0.15) is 0 Å². The largest absolute Gasteiger partial charge is 0.490 e. The Hall–Kier alpha value is -2.27. The summed E-state index contributed by atoms with van der Waals surface area (Å²) in [4.78, 5) is 10.5. The molecular formula is C14H13ClN2O3. The number of benzene rings is 2. The van der Waals surface area contributed by atoms with Crippen LogP contribution in [0.2, 0.25) is 5.02 Å². The van der Waals surface area contributed by atoms with Gasteiger partial charge in [-0.15, -0.1) is 0 Å². The highest BCUT2D eigenvalue weighted by atomic mass is 35.5. The van der Waals surface area contributed by atoms with Crippen LogP contribution in [-0.2, 0) is 6.54 Å². The minimum Gasteiger partial charge on any atom is -0.490 e. The normalized spacial score (nSPS) is 10.1. The number of ether oxygens (including phenoxy) is 1. The van der Waals surface area contributed by atoms with Crippen molar-refractivity contribution in [2.24, 2.45) is 0 Å². The molecule has 2 aromatic rings. The van der Waals surface area contributed by atoms with Gasteiger partial charge in [-0.1, -0.05) is 29.8 Å². The zero-order valence-corrected chi connectivity index (χ0v) is 11.6. The van der Waals surface area contributed by atoms with Gasteiger partial charge in [0.2, 0.25) is 0 Å². The summed E-state index contributed by atoms with van der Waals surface area (Å²) in [6, 6.07) is 12.2. The molecular weight excluding hydrogens is 280 g/mol. The van der Waals surface area contributed by atoms with Crippen LogP contribution in [0, 0.1) is 10.1 Å². The number of nitrogens with zero attached hydrogens (tertiary/aromatic N) is 1. The molecule has 0 aliphatic rings. The maximum Gasteiger partial charge on any atom is 0.312 e. The molecule has 0 heterocycles. The number of hydrogen-bond acceptors (Lipinski definition) is 4. The van der Waals surface area contributed by atoms with E-state index in [1.807, 2.05) is 18.2 Å². The summed E-state index contributed by atoms with van der Waals surface area (Å²) < 4.78 is 4.95. The highest BCUT2D eigenvalue weighted by Gasteiger charge is 2.15. The first-order valence-corrected chi connectivity index (χ1v) is 6.29. The monoisotopic (exact) mass is 292 g/mol. The lowest BCUT2D eigenvalue weighted by molar-refractivity contribution is -0.385. The first-order valence-electron chi connectivity index (χ1n) is 5.91. The van der Waals surface area contributed by atoms with Crippen LogP contribution in [-0.4, -0.2) is 12.0 Å². The summed E-state index contributed by atoms with van der Waals surface area (Å²) in [6.07, 6.45) is 0. The van der Waals surface area contributed by atoms with E-state index in [1.165, 1.54) is 13.2 Å². The molecule has 0 aliphatic carbocycles. The third-order valence-corrected chi connectivity index (χ3v) is 3.19. The molecule has 0 fully saturated rings. The van der Waals surface area contributed by atoms with Crippen molar-refractivity contribution in [2.75, 3.05) is 12.4 Å². The van der Waals surface area contributed by atoms with Gasteiger partial charge in [0.15, 0.2) is 5.75 Å². The Balaban J connectivity index is 2.16. The molecule has 0 aromatic heterocycles. The average molecular weight is 293 g/mol. The summed E-state index contributed by atoms with van der Waals surface area (Å²) in [7, 11) is 1.40. The van der Waals surface area contributed by atoms with Gasteiger partial charge in [-0.05, 0) is 23.8 Å². The second-order valence-corrected chi connectivity index (χ2v) is 4.50. The molecule has 0 saturated carbocycles. The molecule has 20 heavy (non-hydrogen) atoms. The van der Waals surface area contributed by atoms with Crippen LogP contribution in [0.4, 0.5) is 11.4 Å². The summed E-state index contributed by atoms with van der Waals surface area (Å²) in [5.74, 6) is 0.235. The van der Waals surface area contributed by atoms with Gasteiger partial charge >= 0.3 is 5.69 Å². The molecule has 0 unspecified atom stereocenters. The van der Waals surface area contributed by atoms with Gasteiger partial charge in [0.25, 0.3) is 0 Å². The Morgan fingerprint density at radius 2 is 2.05 bits per heavy atom. The van der Waals surface area contributed by atoms with E-state index in [1.54, 1.807) is 18.2 Å². The predicted molar refractivity (Wildman–Crippen MR) is 78.4 cm³/mol. The lowest BCUT2D eigenvalue weighted by atomic mass is 10.2.